The second-order valence-electron chi connectivity index (χ2n) is 1.55. The second kappa shape index (κ2) is 4.16. The summed E-state index contributed by atoms with van der Waals surface area (Å²) in [6.07, 6.45) is 3.31. The fourth-order valence-corrected chi connectivity index (χ4v) is 0.466. The zero-order valence-electron chi connectivity index (χ0n) is 5.23. The Morgan fingerprint density at radius 3 is 2.11 bits per heavy atom. The number of hydrogen-bond donors (Lipinski definition) is 0. The van der Waals surface area contributed by atoms with E-state index in [-0.39, 0.29) is 0 Å². The van der Waals surface area contributed by atoms with Gasteiger partial charge in [0.05, 0.1) is 0 Å². The summed E-state index contributed by atoms with van der Waals surface area (Å²) in [5.41, 5.74) is 2.99. The van der Waals surface area contributed by atoms with E-state index in [9.17, 15) is 0 Å². The van der Waals surface area contributed by atoms with Gasteiger partial charge in [-0.25, -0.2) is 0 Å². The normalized spacial score (nSPS) is 9.44. The van der Waals surface area contributed by atoms with Crippen LogP contribution in [0.15, 0.2) is 48.6 Å². The summed E-state index contributed by atoms with van der Waals surface area (Å²) in [6, 6.07) is 0. The van der Waals surface area contributed by atoms with Crippen molar-refractivity contribution in [1.82, 2.24) is 0 Å². The molecule has 0 N–H and O–H groups in total. The van der Waals surface area contributed by atoms with Gasteiger partial charge in [0.15, 0.2) is 0 Å². The van der Waals surface area contributed by atoms with Gasteiger partial charge in [-0.05, 0) is 17.2 Å². The highest BCUT2D eigenvalue weighted by Crippen LogP contribution is 2.06. The maximum Gasteiger partial charge on any atom is 0.00484 e. The third kappa shape index (κ3) is 2.94. The largest absolute Gasteiger partial charge is 0.0985 e. The van der Waals surface area contributed by atoms with Crippen molar-refractivity contribution in [3.63, 3.8) is 0 Å². The molecule has 0 nitrogen and oxygen atoms in total. The standard InChI is InChI=1S/C8H9Cl/c1-4-7(2)8(3)5-6-9/h4-6H,1-3H2. The molecule has 0 saturated heterocycles. The summed E-state index contributed by atoms with van der Waals surface area (Å²) in [5.74, 6) is 0. The zero-order chi connectivity index (χ0) is 7.28. The molecule has 0 amide bonds. The number of rotatable bonds is 3. The van der Waals surface area contributed by atoms with E-state index in [1.54, 1.807) is 12.2 Å². The SMILES string of the molecule is C=CC(=C)C(=C)C=CCl. The van der Waals surface area contributed by atoms with Gasteiger partial charge in [-0.15, -0.1) is 0 Å². The highest BCUT2D eigenvalue weighted by Gasteiger charge is 1.86. The van der Waals surface area contributed by atoms with E-state index in [4.69, 9.17) is 11.6 Å². The van der Waals surface area contributed by atoms with Crippen molar-refractivity contribution in [2.24, 2.45) is 0 Å². The molecule has 0 radical (unpaired) electrons. The topological polar surface area (TPSA) is 0 Å². The van der Waals surface area contributed by atoms with Crippen LogP contribution in [0.2, 0.25) is 0 Å². The van der Waals surface area contributed by atoms with Crippen LogP contribution in [-0.2, 0) is 0 Å². The Kier molecular flexibility index (Phi) is 3.81. The fourth-order valence-electron chi connectivity index (χ4n) is 0.314. The number of halogens is 1. The molecule has 0 fully saturated rings. The third-order valence-electron chi connectivity index (χ3n) is 0.923. The van der Waals surface area contributed by atoms with Gasteiger partial charge in [0.2, 0.25) is 0 Å². The van der Waals surface area contributed by atoms with Crippen molar-refractivity contribution in [1.29, 1.82) is 0 Å². The lowest BCUT2D eigenvalue weighted by atomic mass is 10.1. The molecule has 0 unspecified atom stereocenters. The Bertz CT molecular complexity index is 163. The highest BCUT2D eigenvalue weighted by atomic mass is 35.5. The molecule has 0 aromatic rings. The summed E-state index contributed by atoms with van der Waals surface area (Å²) in [4.78, 5) is 0. The first-order valence-corrected chi connectivity index (χ1v) is 2.93. The van der Waals surface area contributed by atoms with Crippen LogP contribution in [0, 0.1) is 0 Å². The van der Waals surface area contributed by atoms with Crippen LogP contribution in [0.4, 0.5) is 0 Å². The van der Waals surface area contributed by atoms with E-state index >= 15 is 0 Å². The van der Waals surface area contributed by atoms with Crippen LogP contribution in [-0.4, -0.2) is 0 Å². The minimum absolute atomic E-state index is 0.792. The Labute approximate surface area is 60.8 Å². The van der Waals surface area contributed by atoms with Crippen molar-refractivity contribution in [3.8, 4) is 0 Å². The van der Waals surface area contributed by atoms with Gasteiger partial charge < -0.3 is 0 Å². The fraction of sp³-hybridized carbons (Fsp3) is 0. The van der Waals surface area contributed by atoms with E-state index in [0.29, 0.717) is 0 Å². The van der Waals surface area contributed by atoms with E-state index < -0.39 is 0 Å². The van der Waals surface area contributed by atoms with Crippen molar-refractivity contribution in [2.45, 2.75) is 0 Å². The van der Waals surface area contributed by atoms with Crippen LogP contribution < -0.4 is 0 Å². The van der Waals surface area contributed by atoms with E-state index in [1.165, 1.54) is 5.54 Å². The Morgan fingerprint density at radius 2 is 1.78 bits per heavy atom. The molecular weight excluding hydrogens is 132 g/mol. The molecule has 0 atom stereocenters. The van der Waals surface area contributed by atoms with Crippen LogP contribution in [0.25, 0.3) is 0 Å². The smallest absolute Gasteiger partial charge is 0.00484 e. The Morgan fingerprint density at radius 1 is 1.22 bits per heavy atom. The summed E-state index contributed by atoms with van der Waals surface area (Å²) in [5, 5.41) is 0. The molecular formula is C8H9Cl. The van der Waals surface area contributed by atoms with E-state index in [1.807, 2.05) is 0 Å². The van der Waals surface area contributed by atoms with Crippen LogP contribution in [0.5, 0.6) is 0 Å². The van der Waals surface area contributed by atoms with Crippen molar-refractivity contribution < 1.29 is 0 Å². The molecule has 0 saturated carbocycles. The van der Waals surface area contributed by atoms with Crippen LogP contribution in [0.3, 0.4) is 0 Å². The molecule has 0 heterocycles. The highest BCUT2D eigenvalue weighted by molar-refractivity contribution is 6.25. The van der Waals surface area contributed by atoms with Crippen LogP contribution in [0.1, 0.15) is 0 Å². The first-order chi connectivity index (χ1) is 4.22. The average molecular weight is 141 g/mol. The molecule has 0 bridgehead atoms. The summed E-state index contributed by atoms with van der Waals surface area (Å²) >= 11 is 5.28. The van der Waals surface area contributed by atoms with E-state index in [0.717, 1.165) is 11.1 Å². The van der Waals surface area contributed by atoms with Crippen molar-refractivity contribution >= 4 is 11.6 Å². The molecule has 0 aromatic heterocycles. The average Bonchev–Trinajstić information content (AvgIpc) is 1.87. The van der Waals surface area contributed by atoms with Gasteiger partial charge in [0, 0.05) is 5.54 Å². The van der Waals surface area contributed by atoms with Gasteiger partial charge in [-0.2, -0.15) is 0 Å². The maximum absolute atomic E-state index is 5.28. The monoisotopic (exact) mass is 140 g/mol. The molecule has 0 aromatic carbocycles. The summed E-state index contributed by atoms with van der Waals surface area (Å²) < 4.78 is 0. The number of allylic oxidation sites excluding steroid dienone is 4. The van der Waals surface area contributed by atoms with Gasteiger partial charge >= 0.3 is 0 Å². The van der Waals surface area contributed by atoms with Gasteiger partial charge in [0.1, 0.15) is 0 Å². The lowest BCUT2D eigenvalue weighted by Gasteiger charge is -1.93. The lowest BCUT2D eigenvalue weighted by molar-refractivity contribution is 1.63. The maximum atomic E-state index is 5.28. The quantitative estimate of drug-likeness (QED) is 0.529. The minimum atomic E-state index is 0.792. The first kappa shape index (κ1) is 8.25. The molecule has 9 heavy (non-hydrogen) atoms. The Hall–Kier alpha value is -0.750. The van der Waals surface area contributed by atoms with Crippen LogP contribution >= 0.6 is 11.6 Å². The molecule has 1 heteroatoms. The molecule has 0 aliphatic rings. The van der Waals surface area contributed by atoms with E-state index in [2.05, 4.69) is 19.7 Å². The minimum Gasteiger partial charge on any atom is -0.0985 e. The zero-order valence-corrected chi connectivity index (χ0v) is 5.99. The molecule has 0 spiro atoms. The molecule has 0 aliphatic carbocycles. The molecule has 0 rings (SSSR count). The van der Waals surface area contributed by atoms with Gasteiger partial charge in [0.25, 0.3) is 0 Å². The predicted molar refractivity (Wildman–Crippen MR) is 43.5 cm³/mol. The Balaban J connectivity index is 4.04. The van der Waals surface area contributed by atoms with Gasteiger partial charge in [-0.3, -0.25) is 0 Å². The summed E-state index contributed by atoms with van der Waals surface area (Å²) in [7, 11) is 0. The van der Waals surface area contributed by atoms with Gasteiger partial charge in [-0.1, -0.05) is 37.4 Å². The predicted octanol–water partition coefficient (Wildman–Crippen LogP) is 3.04. The van der Waals surface area contributed by atoms with Crippen molar-refractivity contribution in [3.05, 3.63) is 48.6 Å². The number of hydrogen-bond acceptors (Lipinski definition) is 0. The van der Waals surface area contributed by atoms with Crippen molar-refractivity contribution in [2.75, 3.05) is 0 Å². The molecule has 48 valence electrons. The summed E-state index contributed by atoms with van der Waals surface area (Å²) in [6.45, 7) is 10.9. The first-order valence-electron chi connectivity index (χ1n) is 2.49. The lowest BCUT2D eigenvalue weighted by Crippen LogP contribution is -1.74. The second-order valence-corrected chi connectivity index (χ2v) is 1.80. The molecule has 0 aliphatic heterocycles. The third-order valence-corrected chi connectivity index (χ3v) is 1.05.